The van der Waals surface area contributed by atoms with Crippen LogP contribution in [0.4, 0.5) is 8.78 Å². The van der Waals surface area contributed by atoms with Crippen LogP contribution in [-0.4, -0.2) is 24.2 Å². The normalized spacial score (nSPS) is 10.9. The number of carboxylic acid groups (broad SMARTS) is 1. The second kappa shape index (κ2) is 5.86. The molecule has 0 unspecified atom stereocenters. The smallest absolute Gasteiger partial charge is 0.743 e. The van der Waals surface area contributed by atoms with Crippen molar-refractivity contribution in [1.82, 2.24) is 0 Å². The van der Waals surface area contributed by atoms with Gasteiger partial charge < -0.3 is 14.5 Å². The molecule has 10 heteroatoms. The van der Waals surface area contributed by atoms with Crippen molar-refractivity contribution in [3.05, 3.63) is 0 Å². The molecule has 0 amide bonds. The number of aliphatic carboxylic acids is 1. The molecule has 12 heavy (non-hydrogen) atoms. The summed E-state index contributed by atoms with van der Waals surface area (Å²) in [6.07, 6.45) is 0. The second-order valence-corrected chi connectivity index (χ2v) is 2.68. The van der Waals surface area contributed by atoms with E-state index in [-0.39, 0.29) is 59.1 Å². The summed E-state index contributed by atoms with van der Waals surface area (Å²) >= 11 is 0. The minimum absolute atomic E-state index is 0. The van der Waals surface area contributed by atoms with Gasteiger partial charge in [-0.1, -0.05) is 0 Å². The van der Waals surface area contributed by atoms with E-state index in [9.17, 15) is 31.7 Å². The third-order valence-electron chi connectivity index (χ3n) is 0.552. The van der Waals surface area contributed by atoms with Gasteiger partial charge in [-0.15, -0.1) is 0 Å². The zero-order valence-corrected chi connectivity index (χ0v) is 11.0. The van der Waals surface area contributed by atoms with Crippen molar-refractivity contribution >= 4 is 16.1 Å². The minimum Gasteiger partial charge on any atom is -0.743 e. The molecular weight excluding hydrogens is 220 g/mol. The quantitative estimate of drug-likeness (QED) is 0.340. The first-order valence-electron chi connectivity index (χ1n) is 1.74. The first-order valence-corrected chi connectivity index (χ1v) is 3.15. The summed E-state index contributed by atoms with van der Waals surface area (Å²) in [5, 5.41) is 3.89. The van der Waals surface area contributed by atoms with E-state index in [1.54, 1.807) is 0 Å². The maximum Gasteiger partial charge on any atom is 1.00 e. The van der Waals surface area contributed by atoms with Crippen molar-refractivity contribution in [3.63, 3.8) is 0 Å². The third-order valence-corrected chi connectivity index (χ3v) is 1.35. The average Bonchev–Trinajstić information content (AvgIpc) is 1.62. The Hall–Kier alpha value is 1.24. The number of hydrogen-bond acceptors (Lipinski definition) is 5. The Labute approximate surface area is 111 Å². The standard InChI is InChI=1S/C2H2F2O5S.2Na/c3-2(4,1(5)6)10(7,8)9;;/h(H,5,6)(H,7,8,9);;/q;2*+1/p-2. The average molecular weight is 220 g/mol. The van der Waals surface area contributed by atoms with Crippen molar-refractivity contribution < 1.29 is 90.8 Å². The van der Waals surface area contributed by atoms with Crippen molar-refractivity contribution in [2.75, 3.05) is 0 Å². The Morgan fingerprint density at radius 3 is 1.50 bits per heavy atom. The van der Waals surface area contributed by atoms with Crippen molar-refractivity contribution in [2.45, 2.75) is 5.25 Å². The molecule has 0 aromatic carbocycles. The molecule has 0 aliphatic heterocycles. The Bertz CT molecular complexity index is 248. The van der Waals surface area contributed by atoms with Gasteiger partial charge in [0.1, 0.15) is 5.97 Å². The monoisotopic (exact) mass is 220 g/mol. The number of hydrogen-bond donors (Lipinski definition) is 0. The summed E-state index contributed by atoms with van der Waals surface area (Å²) < 4.78 is 51.1. The fraction of sp³-hybridized carbons (Fsp3) is 0.500. The number of alkyl halides is 2. The van der Waals surface area contributed by atoms with Gasteiger partial charge in [-0.2, -0.15) is 8.78 Å². The van der Waals surface area contributed by atoms with Gasteiger partial charge in [0, 0.05) is 0 Å². The van der Waals surface area contributed by atoms with Crippen LogP contribution < -0.4 is 64.2 Å². The molecule has 0 aromatic rings. The molecule has 0 atom stereocenters. The van der Waals surface area contributed by atoms with E-state index in [1.165, 1.54) is 0 Å². The van der Waals surface area contributed by atoms with Gasteiger partial charge in [0.2, 0.25) is 0 Å². The number of carbonyl (C=O) groups is 1. The van der Waals surface area contributed by atoms with E-state index >= 15 is 0 Å². The topological polar surface area (TPSA) is 97.3 Å². The molecule has 0 saturated carbocycles. The zero-order chi connectivity index (χ0) is 8.58. The molecule has 0 aliphatic rings. The predicted octanol–water partition coefficient (Wildman–Crippen LogP) is -8.12. The Kier molecular flexibility index (Phi) is 9.24. The van der Waals surface area contributed by atoms with Crippen molar-refractivity contribution in [2.24, 2.45) is 0 Å². The number of carbonyl (C=O) groups excluding carboxylic acids is 1. The van der Waals surface area contributed by atoms with E-state index in [1.807, 2.05) is 0 Å². The number of carboxylic acids is 1. The van der Waals surface area contributed by atoms with Crippen LogP contribution >= 0.6 is 0 Å². The molecule has 0 heterocycles. The largest absolute Gasteiger partial charge is 1.00 e. The molecule has 0 radical (unpaired) electrons. The van der Waals surface area contributed by atoms with E-state index < -0.39 is 21.3 Å². The SMILES string of the molecule is O=C([O-])C(F)(F)S(=O)(=O)[O-].[Na+].[Na+]. The second-order valence-electron chi connectivity index (χ2n) is 1.26. The molecule has 0 spiro atoms. The summed E-state index contributed by atoms with van der Waals surface area (Å²) in [5.41, 5.74) is 0. The molecule has 0 fully saturated rings. The van der Waals surface area contributed by atoms with Gasteiger partial charge in [0.15, 0.2) is 10.1 Å². The molecule has 5 nitrogen and oxygen atoms in total. The van der Waals surface area contributed by atoms with Crippen LogP contribution in [0, 0.1) is 0 Å². The van der Waals surface area contributed by atoms with Crippen molar-refractivity contribution in [1.29, 1.82) is 0 Å². The molecule has 0 aromatic heterocycles. The molecule has 0 N–H and O–H groups in total. The van der Waals surface area contributed by atoms with Crippen LogP contribution in [0.25, 0.3) is 0 Å². The molecule has 0 rings (SSSR count). The van der Waals surface area contributed by atoms with E-state index in [0.29, 0.717) is 0 Å². The molecule has 0 aliphatic carbocycles. The fourth-order valence-corrected chi connectivity index (χ4v) is 0.306. The van der Waals surface area contributed by atoms with Gasteiger partial charge in [-0.25, -0.2) is 8.42 Å². The summed E-state index contributed by atoms with van der Waals surface area (Å²) in [7, 11) is -6.15. The molecule has 0 bridgehead atoms. The molecular formula is C2F2Na2O5S. The van der Waals surface area contributed by atoms with E-state index in [4.69, 9.17) is 0 Å². The maximum atomic E-state index is 11.5. The number of rotatable bonds is 2. The van der Waals surface area contributed by atoms with Crippen LogP contribution in [0.5, 0.6) is 0 Å². The van der Waals surface area contributed by atoms with Gasteiger partial charge in [0.05, 0.1) is 0 Å². The predicted molar refractivity (Wildman–Crippen MR) is 19.7 cm³/mol. The summed E-state index contributed by atoms with van der Waals surface area (Å²) in [6.45, 7) is 0. The van der Waals surface area contributed by atoms with Crippen LogP contribution in [0.15, 0.2) is 0 Å². The fourth-order valence-electron chi connectivity index (χ4n) is 0.102. The summed E-state index contributed by atoms with van der Waals surface area (Å²) in [4.78, 5) is 9.23. The van der Waals surface area contributed by atoms with Crippen molar-refractivity contribution in [3.8, 4) is 0 Å². The van der Waals surface area contributed by atoms with Crippen LogP contribution in [0.2, 0.25) is 0 Å². The molecule has 0 saturated heterocycles. The zero-order valence-electron chi connectivity index (χ0n) is 6.21. The van der Waals surface area contributed by atoms with Gasteiger partial charge in [-0.05, 0) is 0 Å². The van der Waals surface area contributed by atoms with E-state index in [2.05, 4.69) is 0 Å². The van der Waals surface area contributed by atoms with Gasteiger partial charge in [0.25, 0.3) is 0 Å². The van der Waals surface area contributed by atoms with E-state index in [0.717, 1.165) is 0 Å². The summed E-state index contributed by atoms with van der Waals surface area (Å²) in [6, 6.07) is 0. The van der Waals surface area contributed by atoms with Gasteiger partial charge >= 0.3 is 64.4 Å². The Morgan fingerprint density at radius 2 is 1.50 bits per heavy atom. The van der Waals surface area contributed by atoms with Crippen LogP contribution in [0.3, 0.4) is 0 Å². The van der Waals surface area contributed by atoms with Crippen LogP contribution in [0.1, 0.15) is 0 Å². The Morgan fingerprint density at radius 1 is 1.25 bits per heavy atom. The summed E-state index contributed by atoms with van der Waals surface area (Å²) in [5.74, 6) is -3.22. The van der Waals surface area contributed by atoms with Crippen LogP contribution in [-0.2, 0) is 14.9 Å². The first kappa shape index (κ1) is 18.9. The number of halogens is 2. The minimum atomic E-state index is -6.15. The third kappa shape index (κ3) is 4.47. The van der Waals surface area contributed by atoms with Gasteiger partial charge in [-0.3, -0.25) is 0 Å². The molecule has 60 valence electrons. The maximum absolute atomic E-state index is 11.5. The first-order chi connectivity index (χ1) is 4.19. The Balaban J connectivity index is -0.000000405.